The number of halogens is 1. The Bertz CT molecular complexity index is 2370. The number of phenolic OH excluding ortho intramolecular Hbond substituents is 1. The van der Waals surface area contributed by atoms with Gasteiger partial charge in [-0.3, -0.25) is 57.5 Å². The molecule has 28 heteroatoms. The van der Waals surface area contributed by atoms with E-state index in [-0.39, 0.29) is 30.9 Å². The summed E-state index contributed by atoms with van der Waals surface area (Å²) < 4.78 is 42.4. The first kappa shape index (κ1) is 60.0. The zero-order valence-corrected chi connectivity index (χ0v) is 41.7. The van der Waals surface area contributed by atoms with Crippen LogP contribution in [-0.4, -0.2) is 162 Å². The molecule has 9 atom stereocenters. The van der Waals surface area contributed by atoms with Crippen LogP contribution in [0.15, 0.2) is 24.3 Å². The molecule has 73 heavy (non-hydrogen) atoms. The molecule has 0 unspecified atom stereocenters. The summed E-state index contributed by atoms with van der Waals surface area (Å²) in [6, 6.07) is -6.47. The molecule has 0 aliphatic carbocycles. The summed E-state index contributed by atoms with van der Waals surface area (Å²) in [6.07, 6.45) is -6.48. The normalized spacial score (nSPS) is 24.5. The number of hydrogen-bond donors (Lipinski definition) is 11. The number of hydrogen-bond acceptors (Lipinski definition) is 15. The van der Waals surface area contributed by atoms with Gasteiger partial charge in [0.05, 0.1) is 31.0 Å². The number of Topliss-reactive ketones (excluding diaryl/α,β-unsaturated/α-hetero) is 1. The van der Waals surface area contributed by atoms with Crippen LogP contribution in [-0.2, 0) is 73.8 Å². The number of amides is 11. The van der Waals surface area contributed by atoms with Crippen LogP contribution in [0.3, 0.4) is 0 Å². The Morgan fingerprint density at radius 2 is 1.42 bits per heavy atom. The third kappa shape index (κ3) is 19.4. The highest BCUT2D eigenvalue weighted by atomic mass is 32.2. The zero-order valence-electron chi connectivity index (χ0n) is 40.9. The summed E-state index contributed by atoms with van der Waals surface area (Å²) in [4.78, 5) is 160. The molecule has 3 rings (SSSR count). The highest BCUT2D eigenvalue weighted by molar-refractivity contribution is 7.91. The van der Waals surface area contributed by atoms with E-state index >= 15 is 4.39 Å². The Balaban J connectivity index is 2.13. The van der Waals surface area contributed by atoms with Crippen molar-refractivity contribution in [3.05, 3.63) is 29.8 Å². The number of likely N-dealkylation sites (tertiary alicyclic amines) is 1. The van der Waals surface area contributed by atoms with Crippen LogP contribution in [0.25, 0.3) is 0 Å². The summed E-state index contributed by atoms with van der Waals surface area (Å²) in [7, 11) is -4.48. The Morgan fingerprint density at radius 1 is 0.808 bits per heavy atom. The molecule has 2 aliphatic rings. The Morgan fingerprint density at radius 3 is 2.01 bits per heavy atom. The van der Waals surface area contributed by atoms with Gasteiger partial charge in [-0.15, -0.1) is 0 Å². The van der Waals surface area contributed by atoms with E-state index in [1.807, 2.05) is 0 Å². The second-order valence-corrected chi connectivity index (χ2v) is 20.8. The van der Waals surface area contributed by atoms with E-state index in [0.717, 1.165) is 0 Å². The van der Waals surface area contributed by atoms with Gasteiger partial charge in [0.1, 0.15) is 54.2 Å². The number of nitrogens with one attached hydrogen (secondary N) is 7. The Hall–Kier alpha value is -7.26. The molecule has 2 aliphatic heterocycles. The summed E-state index contributed by atoms with van der Waals surface area (Å²) in [5.41, 5.74) is 16.3. The van der Waals surface area contributed by atoms with Crippen molar-refractivity contribution in [1.82, 2.24) is 42.1 Å². The first-order valence-corrected chi connectivity index (χ1v) is 25.3. The molecule has 0 bridgehead atoms. The zero-order chi connectivity index (χ0) is 54.9. The van der Waals surface area contributed by atoms with Crippen molar-refractivity contribution in [3.8, 4) is 5.75 Å². The molecule has 1 aromatic carbocycles. The number of phenols is 1. The van der Waals surface area contributed by atoms with Gasteiger partial charge in [-0.1, -0.05) is 46.2 Å². The molecule has 0 spiro atoms. The van der Waals surface area contributed by atoms with Gasteiger partial charge in [0, 0.05) is 25.7 Å². The van der Waals surface area contributed by atoms with Crippen LogP contribution < -0.4 is 54.4 Å². The number of sulfone groups is 1. The average Bonchev–Trinajstić information content (AvgIpc) is 3.71. The third-order valence-corrected chi connectivity index (χ3v) is 13.7. The van der Waals surface area contributed by atoms with Crippen molar-refractivity contribution in [1.29, 1.82) is 0 Å². The van der Waals surface area contributed by atoms with Crippen molar-refractivity contribution in [3.63, 3.8) is 0 Å². The van der Waals surface area contributed by atoms with Crippen LogP contribution in [0.4, 0.5) is 4.39 Å². The van der Waals surface area contributed by atoms with E-state index < -0.39 is 198 Å². The lowest BCUT2D eigenvalue weighted by molar-refractivity contribution is -0.143. The standard InChI is InChI=1S/C45H66FN11O15S/c1-5-23(4)37-44(69)51-27(10-11-34(47)60)39(64)53-31(19-35(48)61)40(65)52-28(45(70)57-21-25(46)18-32(57)42(67)54-29(16-22(2)3)38(63)50-20-36(49)62)12-14-73(71,72)15-13-33(59)43(68)55-30(41(66)56-37)17-24-6-8-26(58)9-7-24/h6-9,22-23,25,27-32,37,58H,5,10-21H2,1-4H3,(H2,47,60)(H2,48,61)(H2,49,62)(H,50,63)(H,51,69)(H,52,65)(H,53,64)(H,54,67)(H,55,68)(H,56,66)/t23-,25+,27-,28-,29-,30-,31-,32-,37-/m0/s1. The van der Waals surface area contributed by atoms with Gasteiger partial charge in [-0.25, -0.2) is 12.8 Å². The minimum Gasteiger partial charge on any atom is -0.508 e. The maximum atomic E-state index is 15.3. The summed E-state index contributed by atoms with van der Waals surface area (Å²) >= 11 is 0. The van der Waals surface area contributed by atoms with Gasteiger partial charge < -0.3 is 64.4 Å². The minimum atomic E-state index is -4.48. The number of carbonyl (C=O) groups is 12. The van der Waals surface area contributed by atoms with E-state index in [9.17, 15) is 71.1 Å². The van der Waals surface area contributed by atoms with Gasteiger partial charge >= 0.3 is 0 Å². The van der Waals surface area contributed by atoms with Crippen molar-refractivity contribution < 1.29 is 75.4 Å². The fraction of sp³-hybridized carbons (Fsp3) is 0.600. The maximum Gasteiger partial charge on any atom is 0.288 e. The summed E-state index contributed by atoms with van der Waals surface area (Å²) in [5.74, 6) is -16.6. The van der Waals surface area contributed by atoms with Crippen molar-refractivity contribution >= 4 is 80.6 Å². The van der Waals surface area contributed by atoms with Crippen LogP contribution in [0.2, 0.25) is 0 Å². The van der Waals surface area contributed by atoms with Gasteiger partial charge in [0.15, 0.2) is 9.84 Å². The number of aromatic hydroxyl groups is 1. The van der Waals surface area contributed by atoms with Gasteiger partial charge in [0.2, 0.25) is 64.9 Å². The molecule has 0 saturated carbocycles. The van der Waals surface area contributed by atoms with E-state index in [2.05, 4.69) is 37.2 Å². The van der Waals surface area contributed by atoms with Crippen LogP contribution >= 0.6 is 0 Å². The summed E-state index contributed by atoms with van der Waals surface area (Å²) in [5, 5.41) is 26.2. The SMILES string of the molecule is CC[C@H](C)[C@@H]1NC(=O)[C@H](Cc2ccc(O)cc2)NC(=O)C(=O)CCS(=O)(=O)CC[C@@H](C(=O)N2C[C@H](F)C[C@H]2C(=O)N[C@@H](CC(C)C)C(=O)NCC(N)=O)NC(=O)[C@H](CC(N)=O)NC(=O)[C@H](CCC(N)=O)NC1=O. The summed E-state index contributed by atoms with van der Waals surface area (Å²) in [6.45, 7) is 5.25. The second kappa shape index (κ2) is 27.5. The monoisotopic (exact) mass is 1050 g/mol. The average molecular weight is 1050 g/mol. The van der Waals surface area contributed by atoms with E-state index in [4.69, 9.17) is 17.2 Å². The van der Waals surface area contributed by atoms with Gasteiger partial charge in [-0.2, -0.15) is 0 Å². The maximum absolute atomic E-state index is 15.3. The van der Waals surface area contributed by atoms with E-state index in [1.54, 1.807) is 27.7 Å². The number of nitrogens with two attached hydrogens (primary N) is 3. The fourth-order valence-corrected chi connectivity index (χ4v) is 9.10. The molecule has 2 fully saturated rings. The smallest absolute Gasteiger partial charge is 0.288 e. The lowest BCUT2D eigenvalue weighted by Crippen LogP contribution is -2.61. The molecule has 14 N–H and O–H groups in total. The number of rotatable bonds is 17. The van der Waals surface area contributed by atoms with Crippen molar-refractivity contribution in [2.24, 2.45) is 29.0 Å². The number of alkyl halides is 1. The number of benzene rings is 1. The molecule has 1 aromatic rings. The third-order valence-electron chi connectivity index (χ3n) is 12.0. The number of carbonyl (C=O) groups excluding carboxylic acids is 12. The highest BCUT2D eigenvalue weighted by Crippen LogP contribution is 2.24. The topological polar surface area (TPSA) is 425 Å². The molecule has 0 aromatic heterocycles. The van der Waals surface area contributed by atoms with E-state index in [1.165, 1.54) is 24.3 Å². The first-order valence-electron chi connectivity index (χ1n) is 23.5. The molecule has 0 radical (unpaired) electrons. The minimum absolute atomic E-state index is 0.00461. The predicted molar refractivity (Wildman–Crippen MR) is 255 cm³/mol. The quantitative estimate of drug-likeness (QED) is 0.0654. The number of nitrogens with zero attached hydrogens (tertiary/aromatic N) is 1. The molecule has 26 nitrogen and oxygen atoms in total. The van der Waals surface area contributed by atoms with Crippen LogP contribution in [0.5, 0.6) is 5.75 Å². The second-order valence-electron chi connectivity index (χ2n) is 18.5. The molecule has 404 valence electrons. The molecule has 11 amide bonds. The predicted octanol–water partition coefficient (Wildman–Crippen LogP) is -4.61. The van der Waals surface area contributed by atoms with Gasteiger partial charge in [0.25, 0.3) is 5.91 Å². The largest absolute Gasteiger partial charge is 0.508 e. The lowest BCUT2D eigenvalue weighted by Gasteiger charge is -2.31. The van der Waals surface area contributed by atoms with Crippen molar-refractivity contribution in [2.75, 3.05) is 24.6 Å². The highest BCUT2D eigenvalue weighted by Gasteiger charge is 2.44. The molecular weight excluding hydrogens is 986 g/mol. The first-order chi connectivity index (χ1) is 34.1. The van der Waals surface area contributed by atoms with Crippen LogP contribution in [0, 0.1) is 11.8 Å². The van der Waals surface area contributed by atoms with Crippen LogP contribution in [0.1, 0.15) is 84.6 Å². The molecule has 2 heterocycles. The Labute approximate surface area is 420 Å². The van der Waals surface area contributed by atoms with Crippen molar-refractivity contribution in [2.45, 2.75) is 134 Å². The lowest BCUT2D eigenvalue weighted by atomic mass is 9.96. The molecular formula is C45H66FN11O15S. The Kier molecular flexibility index (Phi) is 22.6. The number of primary amides is 3. The fourth-order valence-electron chi connectivity index (χ4n) is 7.81. The van der Waals surface area contributed by atoms with Gasteiger partial charge in [-0.05, 0) is 48.8 Å². The van der Waals surface area contributed by atoms with E-state index in [0.29, 0.717) is 10.5 Å². The molecule has 2 saturated heterocycles. The number of ketones is 1.